The molecular formula is C28H24Cl2FN3OS. The van der Waals surface area contributed by atoms with E-state index in [1.165, 1.54) is 5.57 Å². The minimum Gasteiger partial charge on any atom is -0.360 e. The Labute approximate surface area is 222 Å². The smallest absolute Gasteiger partial charge is 0.186 e. The molecule has 4 aromatic rings. The van der Waals surface area contributed by atoms with E-state index < -0.39 is 0 Å². The number of anilines is 1. The van der Waals surface area contributed by atoms with Crippen molar-refractivity contribution in [1.82, 2.24) is 10.1 Å². The highest BCUT2D eigenvalue weighted by Gasteiger charge is 2.44. The summed E-state index contributed by atoms with van der Waals surface area (Å²) in [5.74, 6) is 1.18. The molecule has 2 aromatic carbocycles. The van der Waals surface area contributed by atoms with E-state index in [-0.39, 0.29) is 11.2 Å². The van der Waals surface area contributed by atoms with E-state index in [1.807, 2.05) is 31.2 Å². The molecular weight excluding hydrogens is 516 g/mol. The molecule has 2 aromatic heterocycles. The van der Waals surface area contributed by atoms with Crippen LogP contribution >= 0.6 is 34.5 Å². The fraction of sp³-hybridized carbons (Fsp3) is 0.357. The summed E-state index contributed by atoms with van der Waals surface area (Å²) in [6.07, 6.45) is 7.77. The van der Waals surface area contributed by atoms with E-state index in [0.29, 0.717) is 21.5 Å². The molecule has 8 heteroatoms. The Morgan fingerprint density at radius 2 is 1.83 bits per heavy atom. The van der Waals surface area contributed by atoms with Gasteiger partial charge >= 0.3 is 0 Å². The number of rotatable bonds is 4. The van der Waals surface area contributed by atoms with Gasteiger partial charge in [0.05, 0.1) is 14.7 Å². The number of piperidine rings is 1. The number of halogens is 3. The normalized spacial score (nSPS) is 19.1. The lowest BCUT2D eigenvalue weighted by Crippen LogP contribution is -2.42. The van der Waals surface area contributed by atoms with Crippen molar-refractivity contribution < 1.29 is 8.91 Å². The lowest BCUT2D eigenvalue weighted by Gasteiger charge is -2.46. The first kappa shape index (κ1) is 22.8. The first-order valence-electron chi connectivity index (χ1n) is 12.4. The van der Waals surface area contributed by atoms with Crippen LogP contribution in [-0.2, 0) is 0 Å². The molecule has 4 nitrogen and oxygen atoms in total. The molecule has 36 heavy (non-hydrogen) atoms. The second kappa shape index (κ2) is 8.30. The Morgan fingerprint density at radius 3 is 2.53 bits per heavy atom. The van der Waals surface area contributed by atoms with Crippen LogP contribution in [0.5, 0.6) is 0 Å². The number of thiazole rings is 1. The summed E-state index contributed by atoms with van der Waals surface area (Å²) in [6.45, 7) is 3.74. The molecule has 3 aliphatic rings. The predicted octanol–water partition coefficient (Wildman–Crippen LogP) is 8.66. The molecule has 3 heterocycles. The largest absolute Gasteiger partial charge is 0.360 e. The molecule has 0 atom stereocenters. The minimum atomic E-state index is -0.234. The molecule has 0 amide bonds. The van der Waals surface area contributed by atoms with Crippen molar-refractivity contribution in [2.75, 3.05) is 18.0 Å². The van der Waals surface area contributed by atoms with Crippen LogP contribution in [0, 0.1) is 18.2 Å². The van der Waals surface area contributed by atoms with Gasteiger partial charge in [0.1, 0.15) is 17.0 Å². The van der Waals surface area contributed by atoms with Crippen molar-refractivity contribution in [2.45, 2.75) is 44.9 Å². The summed E-state index contributed by atoms with van der Waals surface area (Å²) in [4.78, 5) is 6.94. The van der Waals surface area contributed by atoms with Gasteiger partial charge in [0.15, 0.2) is 10.9 Å². The first-order valence-corrected chi connectivity index (χ1v) is 14.0. The summed E-state index contributed by atoms with van der Waals surface area (Å²) in [6, 6.07) is 9.12. The summed E-state index contributed by atoms with van der Waals surface area (Å²) >= 11 is 14.7. The maximum absolute atomic E-state index is 14.4. The maximum Gasteiger partial charge on any atom is 0.186 e. The highest BCUT2D eigenvalue weighted by molar-refractivity contribution is 7.22. The van der Waals surface area contributed by atoms with Gasteiger partial charge in [0.2, 0.25) is 0 Å². The quantitative estimate of drug-likeness (QED) is 0.260. The number of benzene rings is 2. The second-order valence-corrected chi connectivity index (χ2v) is 12.3. The summed E-state index contributed by atoms with van der Waals surface area (Å²) in [5.41, 5.74) is 5.48. The number of nitrogens with zero attached hydrogens (tertiary/aromatic N) is 3. The first-order chi connectivity index (χ1) is 17.4. The highest BCUT2D eigenvalue weighted by atomic mass is 35.5. The molecule has 0 unspecified atom stereocenters. The van der Waals surface area contributed by atoms with E-state index in [4.69, 9.17) is 27.7 Å². The minimum absolute atomic E-state index is 0.171. The molecule has 2 aliphatic carbocycles. The third-order valence-electron chi connectivity index (χ3n) is 7.82. The van der Waals surface area contributed by atoms with Crippen LogP contribution in [0.25, 0.3) is 27.0 Å². The lowest BCUT2D eigenvalue weighted by molar-refractivity contribution is 0.277. The van der Waals surface area contributed by atoms with Gasteiger partial charge in [-0.1, -0.05) is 51.8 Å². The molecule has 1 saturated carbocycles. The number of fused-ring (bicyclic) bond motifs is 1. The van der Waals surface area contributed by atoms with Crippen LogP contribution < -0.4 is 4.90 Å². The monoisotopic (exact) mass is 539 g/mol. The van der Waals surface area contributed by atoms with Crippen molar-refractivity contribution in [3.63, 3.8) is 0 Å². The molecule has 0 bridgehead atoms. The Bertz CT molecular complexity index is 1530. The third kappa shape index (κ3) is 3.68. The summed E-state index contributed by atoms with van der Waals surface area (Å²) < 4.78 is 21.2. The van der Waals surface area contributed by atoms with Gasteiger partial charge in [-0.05, 0) is 79.8 Å². The van der Waals surface area contributed by atoms with Crippen molar-refractivity contribution in [3.8, 4) is 11.3 Å². The SMILES string of the molecule is Cc1cc(F)c2nc(N3CCC4(C=C(c5c(-c6c(Cl)cccc6Cl)noc5C5CC5)C4)CC3)sc2c1. The zero-order valence-corrected chi connectivity index (χ0v) is 22.1. The number of allylic oxidation sites excluding steroid dienone is 2. The molecule has 0 N–H and O–H groups in total. The van der Waals surface area contributed by atoms with E-state index in [2.05, 4.69) is 21.1 Å². The topological polar surface area (TPSA) is 42.2 Å². The Kier molecular flexibility index (Phi) is 5.25. The van der Waals surface area contributed by atoms with Gasteiger partial charge in [-0.25, -0.2) is 9.37 Å². The number of hydrogen-bond donors (Lipinski definition) is 0. The fourth-order valence-corrected chi connectivity index (χ4v) is 7.42. The Balaban J connectivity index is 1.16. The van der Waals surface area contributed by atoms with Crippen LogP contribution in [0.1, 0.15) is 54.9 Å². The standard InChI is InChI=1S/C28H24Cl2FN3OS/c1-15-11-20(31)24-21(12-15)36-27(32-24)34-9-7-28(8-10-34)13-17(14-28)22-25(33-35-26(22)16-5-6-16)23-18(29)3-2-4-19(23)30/h2-4,11-13,16H,5-10,14H2,1H3. The van der Waals surface area contributed by atoms with Crippen LogP contribution in [0.15, 0.2) is 40.9 Å². The van der Waals surface area contributed by atoms with Gasteiger partial charge in [0, 0.05) is 30.1 Å². The van der Waals surface area contributed by atoms with Gasteiger partial charge in [-0.15, -0.1) is 0 Å². The molecule has 1 spiro atoms. The molecule has 0 radical (unpaired) electrons. The van der Waals surface area contributed by atoms with E-state index >= 15 is 0 Å². The average molecular weight is 540 g/mol. The van der Waals surface area contributed by atoms with Gasteiger partial charge in [0.25, 0.3) is 0 Å². The molecule has 184 valence electrons. The summed E-state index contributed by atoms with van der Waals surface area (Å²) in [5, 5.41) is 6.55. The van der Waals surface area contributed by atoms with Gasteiger partial charge in [-0.2, -0.15) is 0 Å². The molecule has 2 fully saturated rings. The highest BCUT2D eigenvalue weighted by Crippen LogP contribution is 2.56. The Morgan fingerprint density at radius 1 is 1.11 bits per heavy atom. The number of hydrogen-bond acceptors (Lipinski definition) is 5. The number of aryl methyl sites for hydroxylation is 1. The van der Waals surface area contributed by atoms with Crippen molar-refractivity contribution in [3.05, 3.63) is 69.2 Å². The van der Waals surface area contributed by atoms with E-state index in [0.717, 1.165) is 83.2 Å². The van der Waals surface area contributed by atoms with Crippen LogP contribution in [0.4, 0.5) is 9.52 Å². The zero-order valence-electron chi connectivity index (χ0n) is 19.8. The summed E-state index contributed by atoms with van der Waals surface area (Å²) in [7, 11) is 0. The van der Waals surface area contributed by atoms with Crippen molar-refractivity contribution >= 4 is 55.5 Å². The Hall–Kier alpha value is -2.41. The van der Waals surface area contributed by atoms with Gasteiger partial charge < -0.3 is 9.42 Å². The van der Waals surface area contributed by atoms with Gasteiger partial charge in [-0.3, -0.25) is 0 Å². The predicted molar refractivity (Wildman–Crippen MR) is 145 cm³/mol. The second-order valence-electron chi connectivity index (χ2n) is 10.4. The van der Waals surface area contributed by atoms with E-state index in [1.54, 1.807) is 17.4 Å². The lowest BCUT2D eigenvalue weighted by atomic mass is 9.63. The van der Waals surface area contributed by atoms with E-state index in [9.17, 15) is 4.39 Å². The van der Waals surface area contributed by atoms with Crippen LogP contribution in [-0.4, -0.2) is 23.2 Å². The van der Waals surface area contributed by atoms with Crippen molar-refractivity contribution in [2.24, 2.45) is 5.41 Å². The van der Waals surface area contributed by atoms with Crippen LogP contribution in [0.2, 0.25) is 10.0 Å². The van der Waals surface area contributed by atoms with Crippen molar-refractivity contribution in [1.29, 1.82) is 0 Å². The zero-order chi connectivity index (χ0) is 24.6. The molecule has 7 rings (SSSR count). The molecule has 1 aliphatic heterocycles. The fourth-order valence-electron chi connectivity index (χ4n) is 5.72. The third-order valence-corrected chi connectivity index (χ3v) is 9.51. The average Bonchev–Trinajstić information content (AvgIpc) is 3.44. The number of aromatic nitrogens is 2. The van der Waals surface area contributed by atoms with Crippen LogP contribution in [0.3, 0.4) is 0 Å². The molecule has 1 saturated heterocycles. The maximum atomic E-state index is 14.4.